The Morgan fingerprint density at radius 1 is 1.42 bits per heavy atom. The second kappa shape index (κ2) is 5.31. The molecule has 5 nitrogen and oxygen atoms in total. The number of nitrogens with one attached hydrogen (secondary N) is 1. The van der Waals surface area contributed by atoms with Gasteiger partial charge in [0.25, 0.3) is 0 Å². The Morgan fingerprint density at radius 3 is 2.79 bits per heavy atom. The predicted molar refractivity (Wildman–Crippen MR) is 68.0 cm³/mol. The van der Waals surface area contributed by atoms with E-state index in [-0.39, 0.29) is 23.7 Å². The summed E-state index contributed by atoms with van der Waals surface area (Å²) >= 11 is 0. The largest absolute Gasteiger partial charge is 0.466 e. The third-order valence-electron chi connectivity index (χ3n) is 4.53. The highest BCUT2D eigenvalue weighted by molar-refractivity contribution is 6.09. The Bertz CT molecular complexity index is 406. The van der Waals surface area contributed by atoms with Crippen LogP contribution in [-0.4, -0.2) is 24.4 Å². The number of amides is 2. The van der Waals surface area contributed by atoms with Crippen LogP contribution >= 0.6 is 0 Å². The molecule has 2 amide bonds. The van der Waals surface area contributed by atoms with Gasteiger partial charge >= 0.3 is 5.97 Å². The van der Waals surface area contributed by atoms with Gasteiger partial charge in [-0.1, -0.05) is 19.8 Å². The van der Waals surface area contributed by atoms with Gasteiger partial charge in [0, 0.05) is 0 Å². The molecule has 0 spiro atoms. The molecule has 0 radical (unpaired) electrons. The van der Waals surface area contributed by atoms with Gasteiger partial charge in [-0.05, 0) is 26.2 Å². The molecule has 1 aliphatic heterocycles. The standard InChI is InChI=1S/C14H21NO4/c1-3-9(12(17)19-4-2)14-8-6-5-7-10(14)11(16)15-13(14)18/h9-10H,3-8H2,1-2H3,(H,15,16,18). The van der Waals surface area contributed by atoms with Crippen LogP contribution in [0.1, 0.15) is 46.0 Å². The van der Waals surface area contributed by atoms with Crippen LogP contribution in [0.3, 0.4) is 0 Å². The second-order valence-corrected chi connectivity index (χ2v) is 5.37. The lowest BCUT2D eigenvalue weighted by atomic mass is 9.60. The SMILES string of the molecule is CCOC(=O)C(CC)C12CCCCC1C(=O)NC2=O. The molecule has 2 aliphatic rings. The zero-order chi connectivity index (χ0) is 14.0. The number of fused-ring (bicyclic) bond motifs is 1. The van der Waals surface area contributed by atoms with Crippen LogP contribution in [0.5, 0.6) is 0 Å². The molecule has 3 atom stereocenters. The smallest absolute Gasteiger partial charge is 0.310 e. The molecule has 3 unspecified atom stereocenters. The maximum absolute atomic E-state index is 12.3. The fourth-order valence-corrected chi connectivity index (χ4v) is 3.71. The summed E-state index contributed by atoms with van der Waals surface area (Å²) in [6.07, 6.45) is 3.63. The Balaban J connectivity index is 2.37. The number of esters is 1. The molecule has 0 aromatic rings. The van der Waals surface area contributed by atoms with Crippen molar-refractivity contribution in [2.45, 2.75) is 46.0 Å². The molecule has 2 rings (SSSR count). The minimum Gasteiger partial charge on any atom is -0.466 e. The minimum absolute atomic E-state index is 0.215. The molecular formula is C14H21NO4. The van der Waals surface area contributed by atoms with Crippen LogP contribution < -0.4 is 5.32 Å². The second-order valence-electron chi connectivity index (χ2n) is 5.37. The summed E-state index contributed by atoms with van der Waals surface area (Å²) < 4.78 is 5.10. The van der Waals surface area contributed by atoms with Crippen molar-refractivity contribution in [3.8, 4) is 0 Å². The number of ether oxygens (including phenoxy) is 1. The Labute approximate surface area is 113 Å². The van der Waals surface area contributed by atoms with Crippen molar-refractivity contribution in [2.75, 3.05) is 6.61 Å². The summed E-state index contributed by atoms with van der Waals surface area (Å²) in [7, 11) is 0. The van der Waals surface area contributed by atoms with Gasteiger partial charge in [0.2, 0.25) is 11.8 Å². The van der Waals surface area contributed by atoms with Gasteiger partial charge in [-0.15, -0.1) is 0 Å². The molecule has 0 aromatic carbocycles. The number of carbonyl (C=O) groups is 3. The third-order valence-corrected chi connectivity index (χ3v) is 4.53. The predicted octanol–water partition coefficient (Wildman–Crippen LogP) is 1.41. The molecule has 2 fully saturated rings. The molecule has 19 heavy (non-hydrogen) atoms. The topological polar surface area (TPSA) is 72.5 Å². The van der Waals surface area contributed by atoms with Gasteiger partial charge in [0.05, 0.1) is 23.9 Å². The van der Waals surface area contributed by atoms with E-state index < -0.39 is 11.3 Å². The first-order chi connectivity index (χ1) is 9.07. The monoisotopic (exact) mass is 267 g/mol. The lowest BCUT2D eigenvalue weighted by Crippen LogP contribution is -2.47. The van der Waals surface area contributed by atoms with Gasteiger partial charge in [0.1, 0.15) is 0 Å². The van der Waals surface area contributed by atoms with Gasteiger partial charge in [0.15, 0.2) is 0 Å². The van der Waals surface area contributed by atoms with Crippen LogP contribution in [-0.2, 0) is 19.1 Å². The van der Waals surface area contributed by atoms with Gasteiger partial charge in [-0.25, -0.2) is 0 Å². The molecule has 1 saturated carbocycles. The Hall–Kier alpha value is -1.39. The number of rotatable bonds is 4. The summed E-state index contributed by atoms with van der Waals surface area (Å²) in [6, 6.07) is 0. The summed E-state index contributed by atoms with van der Waals surface area (Å²) in [4.78, 5) is 36.4. The molecule has 106 valence electrons. The zero-order valence-corrected chi connectivity index (χ0v) is 11.5. The van der Waals surface area contributed by atoms with Crippen molar-refractivity contribution in [3.05, 3.63) is 0 Å². The summed E-state index contributed by atoms with van der Waals surface area (Å²) in [5, 5.41) is 2.43. The third kappa shape index (κ3) is 2.05. The summed E-state index contributed by atoms with van der Waals surface area (Å²) in [5.41, 5.74) is -0.865. The Morgan fingerprint density at radius 2 is 2.16 bits per heavy atom. The summed E-state index contributed by atoms with van der Waals surface area (Å²) in [5.74, 6) is -1.70. The highest BCUT2D eigenvalue weighted by Gasteiger charge is 2.61. The molecule has 5 heteroatoms. The van der Waals surface area contributed by atoms with Crippen LogP contribution in [0.2, 0.25) is 0 Å². The Kier molecular flexibility index (Phi) is 3.92. The van der Waals surface area contributed by atoms with E-state index in [0.717, 1.165) is 12.8 Å². The van der Waals surface area contributed by atoms with E-state index in [4.69, 9.17) is 4.74 Å². The highest BCUT2D eigenvalue weighted by atomic mass is 16.5. The molecular weight excluding hydrogens is 246 g/mol. The first-order valence-corrected chi connectivity index (χ1v) is 7.09. The number of imide groups is 1. The van der Waals surface area contributed by atoms with Crippen molar-refractivity contribution < 1.29 is 19.1 Å². The van der Waals surface area contributed by atoms with E-state index in [9.17, 15) is 14.4 Å². The molecule has 1 heterocycles. The van der Waals surface area contributed by atoms with E-state index in [1.165, 1.54) is 0 Å². The van der Waals surface area contributed by atoms with Crippen molar-refractivity contribution in [1.29, 1.82) is 0 Å². The van der Waals surface area contributed by atoms with E-state index in [0.29, 0.717) is 25.9 Å². The number of hydrogen-bond donors (Lipinski definition) is 1. The minimum atomic E-state index is -0.865. The fraction of sp³-hybridized carbons (Fsp3) is 0.786. The van der Waals surface area contributed by atoms with Crippen LogP contribution in [0.15, 0.2) is 0 Å². The van der Waals surface area contributed by atoms with E-state index >= 15 is 0 Å². The number of hydrogen-bond acceptors (Lipinski definition) is 4. The van der Waals surface area contributed by atoms with E-state index in [2.05, 4.69) is 5.32 Å². The molecule has 1 saturated heterocycles. The highest BCUT2D eigenvalue weighted by Crippen LogP contribution is 2.51. The van der Waals surface area contributed by atoms with Crippen molar-refractivity contribution in [3.63, 3.8) is 0 Å². The first-order valence-electron chi connectivity index (χ1n) is 7.09. The van der Waals surface area contributed by atoms with Gasteiger partial charge in [-0.2, -0.15) is 0 Å². The average molecular weight is 267 g/mol. The van der Waals surface area contributed by atoms with E-state index in [1.807, 2.05) is 6.92 Å². The maximum atomic E-state index is 12.3. The van der Waals surface area contributed by atoms with E-state index in [1.54, 1.807) is 6.92 Å². The lowest BCUT2D eigenvalue weighted by Gasteiger charge is -2.40. The van der Waals surface area contributed by atoms with Gasteiger partial charge in [-0.3, -0.25) is 19.7 Å². The molecule has 1 N–H and O–H groups in total. The van der Waals surface area contributed by atoms with Crippen LogP contribution in [0.4, 0.5) is 0 Å². The lowest BCUT2D eigenvalue weighted by molar-refractivity contribution is -0.160. The first kappa shape index (κ1) is 14.0. The van der Waals surface area contributed by atoms with Crippen molar-refractivity contribution in [2.24, 2.45) is 17.3 Å². The van der Waals surface area contributed by atoms with Crippen molar-refractivity contribution >= 4 is 17.8 Å². The quantitative estimate of drug-likeness (QED) is 0.617. The van der Waals surface area contributed by atoms with Crippen LogP contribution in [0.25, 0.3) is 0 Å². The fourth-order valence-electron chi connectivity index (χ4n) is 3.71. The molecule has 0 bridgehead atoms. The number of carbonyl (C=O) groups excluding carboxylic acids is 3. The normalized spacial score (nSPS) is 31.6. The maximum Gasteiger partial charge on any atom is 0.310 e. The zero-order valence-electron chi connectivity index (χ0n) is 11.5. The average Bonchev–Trinajstić information content (AvgIpc) is 2.64. The molecule has 0 aromatic heterocycles. The van der Waals surface area contributed by atoms with Crippen molar-refractivity contribution in [1.82, 2.24) is 5.32 Å². The summed E-state index contributed by atoms with van der Waals surface area (Å²) in [6.45, 7) is 3.92. The van der Waals surface area contributed by atoms with Crippen LogP contribution in [0, 0.1) is 17.3 Å². The molecule has 1 aliphatic carbocycles. The van der Waals surface area contributed by atoms with Gasteiger partial charge < -0.3 is 4.74 Å².